The van der Waals surface area contributed by atoms with Gasteiger partial charge in [0.1, 0.15) is 4.21 Å². The molecule has 1 aromatic rings. The monoisotopic (exact) mass is 291 g/mol. The van der Waals surface area contributed by atoms with E-state index >= 15 is 0 Å². The van der Waals surface area contributed by atoms with Gasteiger partial charge < -0.3 is 5.11 Å². The van der Waals surface area contributed by atoms with Crippen molar-refractivity contribution in [3.8, 4) is 0 Å². The number of hydrogen-bond acceptors (Lipinski definition) is 4. The largest absolute Gasteiger partial charge is 0.396 e. The predicted octanol–water partition coefficient (Wildman–Crippen LogP) is 2.13. The molecule has 1 aromatic heterocycles. The lowest BCUT2D eigenvalue weighted by Crippen LogP contribution is -2.29. The smallest absolute Gasteiger partial charge is 0.250 e. The zero-order chi connectivity index (χ0) is 13.6. The van der Waals surface area contributed by atoms with Crippen molar-refractivity contribution < 1.29 is 13.5 Å². The molecule has 1 unspecified atom stereocenters. The Balaban J connectivity index is 2.60. The molecule has 104 valence electrons. The van der Waals surface area contributed by atoms with Gasteiger partial charge in [-0.05, 0) is 37.8 Å². The molecule has 0 spiro atoms. The Bertz CT molecular complexity index is 448. The Labute approximate surface area is 113 Å². The van der Waals surface area contributed by atoms with Gasteiger partial charge in [-0.2, -0.15) is 0 Å². The van der Waals surface area contributed by atoms with Gasteiger partial charge in [-0.15, -0.1) is 11.3 Å². The lowest BCUT2D eigenvalue weighted by atomic mass is 10.0. The molecule has 0 amide bonds. The van der Waals surface area contributed by atoms with E-state index in [1.54, 1.807) is 12.1 Å². The molecule has 0 aliphatic carbocycles. The Kier molecular flexibility index (Phi) is 6.28. The van der Waals surface area contributed by atoms with Gasteiger partial charge in [0.25, 0.3) is 0 Å². The van der Waals surface area contributed by atoms with E-state index in [9.17, 15) is 8.42 Å². The van der Waals surface area contributed by atoms with Crippen LogP contribution in [0.2, 0.25) is 0 Å². The maximum Gasteiger partial charge on any atom is 0.250 e. The van der Waals surface area contributed by atoms with Gasteiger partial charge in [0.2, 0.25) is 10.0 Å². The quantitative estimate of drug-likeness (QED) is 0.771. The molecule has 0 fully saturated rings. The van der Waals surface area contributed by atoms with E-state index < -0.39 is 10.0 Å². The SMILES string of the molecule is CCCC(CCO)CNS(=O)(=O)c1ccc(C)s1. The highest BCUT2D eigenvalue weighted by atomic mass is 32.2. The van der Waals surface area contributed by atoms with E-state index in [-0.39, 0.29) is 12.5 Å². The second-order valence-corrected chi connectivity index (χ2v) is 7.67. The van der Waals surface area contributed by atoms with Gasteiger partial charge in [0, 0.05) is 18.0 Å². The van der Waals surface area contributed by atoms with Gasteiger partial charge in [0.15, 0.2) is 0 Å². The third-order valence-corrected chi connectivity index (χ3v) is 5.69. The molecule has 0 aliphatic rings. The van der Waals surface area contributed by atoms with Gasteiger partial charge in [-0.25, -0.2) is 13.1 Å². The van der Waals surface area contributed by atoms with E-state index in [2.05, 4.69) is 11.6 Å². The molecule has 18 heavy (non-hydrogen) atoms. The molecule has 0 saturated heterocycles. The van der Waals surface area contributed by atoms with Crippen molar-refractivity contribution in [2.75, 3.05) is 13.2 Å². The summed E-state index contributed by atoms with van der Waals surface area (Å²) >= 11 is 1.27. The molecule has 1 rings (SSSR count). The first-order valence-corrected chi connectivity index (χ1v) is 8.46. The van der Waals surface area contributed by atoms with Gasteiger partial charge in [-0.3, -0.25) is 0 Å². The number of aliphatic hydroxyl groups is 1. The minimum atomic E-state index is -3.38. The Hall–Kier alpha value is -0.430. The summed E-state index contributed by atoms with van der Waals surface area (Å²) in [5.74, 6) is 0.204. The standard InChI is InChI=1S/C12H21NO3S2/c1-3-4-11(7-8-14)9-13-18(15,16)12-6-5-10(2)17-12/h5-6,11,13-14H,3-4,7-9H2,1-2H3. The lowest BCUT2D eigenvalue weighted by molar-refractivity contribution is 0.251. The van der Waals surface area contributed by atoms with Crippen LogP contribution in [0.5, 0.6) is 0 Å². The summed E-state index contributed by atoms with van der Waals surface area (Å²) in [7, 11) is -3.38. The highest BCUT2D eigenvalue weighted by Gasteiger charge is 2.18. The van der Waals surface area contributed by atoms with E-state index in [1.807, 2.05) is 6.92 Å². The van der Waals surface area contributed by atoms with Crippen molar-refractivity contribution >= 4 is 21.4 Å². The molecule has 0 radical (unpaired) electrons. The molecule has 6 heteroatoms. The summed E-state index contributed by atoms with van der Waals surface area (Å²) < 4.78 is 27.0. The molecular weight excluding hydrogens is 270 g/mol. The van der Waals surface area contributed by atoms with E-state index in [4.69, 9.17) is 5.11 Å². The van der Waals surface area contributed by atoms with Crippen LogP contribution in [-0.2, 0) is 10.0 Å². The molecular formula is C12H21NO3S2. The fourth-order valence-electron chi connectivity index (χ4n) is 1.79. The van der Waals surface area contributed by atoms with Crippen molar-refractivity contribution in [2.45, 2.75) is 37.3 Å². The minimum Gasteiger partial charge on any atom is -0.396 e. The predicted molar refractivity (Wildman–Crippen MR) is 74.3 cm³/mol. The summed E-state index contributed by atoms with van der Waals surface area (Å²) in [5, 5.41) is 8.94. The average molecular weight is 291 g/mol. The van der Waals surface area contributed by atoms with Gasteiger partial charge in [-0.1, -0.05) is 13.3 Å². The second kappa shape index (κ2) is 7.23. The van der Waals surface area contributed by atoms with Crippen molar-refractivity contribution in [2.24, 2.45) is 5.92 Å². The summed E-state index contributed by atoms with van der Waals surface area (Å²) in [4.78, 5) is 0.982. The fourth-order valence-corrected chi connectivity index (χ4v) is 4.24. The topological polar surface area (TPSA) is 66.4 Å². The summed E-state index contributed by atoms with van der Waals surface area (Å²) in [6, 6.07) is 3.43. The van der Waals surface area contributed by atoms with Crippen molar-refractivity contribution in [3.05, 3.63) is 17.0 Å². The first kappa shape index (κ1) is 15.6. The molecule has 1 atom stereocenters. The Morgan fingerprint density at radius 1 is 1.39 bits per heavy atom. The molecule has 0 aromatic carbocycles. The zero-order valence-corrected chi connectivity index (χ0v) is 12.5. The number of hydrogen-bond donors (Lipinski definition) is 2. The van der Waals surface area contributed by atoms with Crippen molar-refractivity contribution in [1.82, 2.24) is 4.72 Å². The lowest BCUT2D eigenvalue weighted by Gasteiger charge is -2.15. The number of thiophene rings is 1. The number of nitrogens with one attached hydrogen (secondary N) is 1. The van der Waals surface area contributed by atoms with Crippen LogP contribution in [0.25, 0.3) is 0 Å². The maximum absolute atomic E-state index is 12.0. The molecule has 2 N–H and O–H groups in total. The molecule has 1 heterocycles. The highest BCUT2D eigenvalue weighted by molar-refractivity contribution is 7.91. The Morgan fingerprint density at radius 2 is 2.11 bits per heavy atom. The summed E-state index contributed by atoms with van der Waals surface area (Å²) in [6.45, 7) is 4.44. The summed E-state index contributed by atoms with van der Waals surface area (Å²) in [5.41, 5.74) is 0. The number of rotatable bonds is 8. The van der Waals surface area contributed by atoms with E-state index in [0.29, 0.717) is 17.2 Å². The number of aryl methyl sites for hydroxylation is 1. The average Bonchev–Trinajstić information content (AvgIpc) is 2.74. The molecule has 0 aliphatic heterocycles. The van der Waals surface area contributed by atoms with Crippen LogP contribution in [0, 0.1) is 12.8 Å². The first-order valence-electron chi connectivity index (χ1n) is 6.16. The maximum atomic E-state index is 12.0. The van der Waals surface area contributed by atoms with E-state index in [0.717, 1.165) is 17.7 Å². The van der Waals surface area contributed by atoms with Crippen LogP contribution < -0.4 is 4.72 Å². The third-order valence-electron chi connectivity index (χ3n) is 2.78. The van der Waals surface area contributed by atoms with Gasteiger partial charge >= 0.3 is 0 Å². The van der Waals surface area contributed by atoms with Crippen LogP contribution in [0.4, 0.5) is 0 Å². The van der Waals surface area contributed by atoms with E-state index in [1.165, 1.54) is 11.3 Å². The fraction of sp³-hybridized carbons (Fsp3) is 0.667. The molecule has 0 saturated carbocycles. The second-order valence-electron chi connectivity index (χ2n) is 4.38. The van der Waals surface area contributed by atoms with Crippen molar-refractivity contribution in [1.29, 1.82) is 0 Å². The summed E-state index contributed by atoms with van der Waals surface area (Å²) in [6.07, 6.45) is 2.55. The normalized spacial score (nSPS) is 13.7. The molecule has 4 nitrogen and oxygen atoms in total. The van der Waals surface area contributed by atoms with Gasteiger partial charge in [0.05, 0.1) is 0 Å². The molecule has 0 bridgehead atoms. The van der Waals surface area contributed by atoms with Crippen LogP contribution in [0.1, 0.15) is 31.1 Å². The van der Waals surface area contributed by atoms with Crippen LogP contribution in [0.15, 0.2) is 16.3 Å². The Morgan fingerprint density at radius 3 is 2.61 bits per heavy atom. The minimum absolute atomic E-state index is 0.102. The van der Waals surface area contributed by atoms with Crippen LogP contribution >= 0.6 is 11.3 Å². The van der Waals surface area contributed by atoms with Crippen LogP contribution in [-0.4, -0.2) is 26.7 Å². The zero-order valence-electron chi connectivity index (χ0n) is 10.8. The number of aliphatic hydroxyl groups excluding tert-OH is 1. The highest BCUT2D eigenvalue weighted by Crippen LogP contribution is 2.20. The van der Waals surface area contributed by atoms with Crippen molar-refractivity contribution in [3.63, 3.8) is 0 Å². The third kappa shape index (κ3) is 4.68. The first-order chi connectivity index (χ1) is 8.49. The van der Waals surface area contributed by atoms with Crippen LogP contribution in [0.3, 0.4) is 0 Å². The number of sulfonamides is 1.